The van der Waals surface area contributed by atoms with Crippen LogP contribution in [0.2, 0.25) is 5.02 Å². The van der Waals surface area contributed by atoms with Gasteiger partial charge in [-0.3, -0.25) is 4.79 Å². The van der Waals surface area contributed by atoms with Gasteiger partial charge in [-0.05, 0) is 23.6 Å². The minimum absolute atomic E-state index is 0. The van der Waals surface area contributed by atoms with Crippen LogP contribution in [0, 0.1) is 0 Å². The van der Waals surface area contributed by atoms with Gasteiger partial charge in [0.25, 0.3) is 0 Å². The fourth-order valence-electron chi connectivity index (χ4n) is 2.49. The molecule has 26 heavy (non-hydrogen) atoms. The molecule has 1 aliphatic rings. The van der Waals surface area contributed by atoms with E-state index in [0.29, 0.717) is 30.4 Å². The highest BCUT2D eigenvalue weighted by atomic mass is 35.5. The maximum atomic E-state index is 12.3. The third-order valence-corrected chi connectivity index (χ3v) is 4.99. The third-order valence-electron chi connectivity index (χ3n) is 3.80. The number of ether oxygens (including phenoxy) is 1. The molecule has 2 heterocycles. The molecule has 2 aromatic rings. The SMILES string of the molecule is Cl.O=C(NCc1cccs1)[C@@H]1CN(C(=O)Oc2ccccc2Cl)CCN1. The van der Waals surface area contributed by atoms with Crippen LogP contribution in [0.25, 0.3) is 0 Å². The minimum Gasteiger partial charge on any atom is -0.409 e. The van der Waals surface area contributed by atoms with E-state index >= 15 is 0 Å². The van der Waals surface area contributed by atoms with E-state index in [1.165, 1.54) is 4.90 Å². The Bertz CT molecular complexity index is 743. The number of nitrogens with one attached hydrogen (secondary N) is 2. The molecule has 0 unspecified atom stereocenters. The van der Waals surface area contributed by atoms with Crippen molar-refractivity contribution in [3.05, 3.63) is 51.7 Å². The molecule has 2 N–H and O–H groups in total. The molecule has 1 aliphatic heterocycles. The van der Waals surface area contributed by atoms with Crippen LogP contribution in [0.5, 0.6) is 5.75 Å². The number of halogens is 2. The fourth-order valence-corrected chi connectivity index (χ4v) is 3.31. The maximum Gasteiger partial charge on any atom is 0.415 e. The van der Waals surface area contributed by atoms with Gasteiger partial charge in [0, 0.05) is 24.5 Å². The molecular weight excluding hydrogens is 397 g/mol. The number of amides is 2. The van der Waals surface area contributed by atoms with Gasteiger partial charge in [0.05, 0.1) is 11.6 Å². The van der Waals surface area contributed by atoms with Gasteiger partial charge in [0.1, 0.15) is 6.04 Å². The topological polar surface area (TPSA) is 70.7 Å². The lowest BCUT2D eigenvalue weighted by atomic mass is 10.2. The number of hydrogen-bond donors (Lipinski definition) is 2. The van der Waals surface area contributed by atoms with E-state index < -0.39 is 12.1 Å². The molecule has 2 amide bonds. The minimum atomic E-state index is -0.509. The van der Waals surface area contributed by atoms with E-state index in [9.17, 15) is 9.59 Å². The Balaban J connectivity index is 0.00000243. The van der Waals surface area contributed by atoms with Crippen molar-refractivity contribution in [2.75, 3.05) is 19.6 Å². The highest BCUT2D eigenvalue weighted by Crippen LogP contribution is 2.23. The number of carbonyl (C=O) groups excluding carboxylic acids is 2. The van der Waals surface area contributed by atoms with Crippen molar-refractivity contribution in [3.63, 3.8) is 0 Å². The second-order valence-electron chi connectivity index (χ2n) is 5.55. The van der Waals surface area contributed by atoms with Crippen molar-refractivity contribution in [2.24, 2.45) is 0 Å². The number of para-hydroxylation sites is 1. The second kappa shape index (κ2) is 9.78. The van der Waals surface area contributed by atoms with Crippen molar-refractivity contribution in [1.82, 2.24) is 15.5 Å². The molecule has 3 rings (SSSR count). The van der Waals surface area contributed by atoms with Gasteiger partial charge in [-0.2, -0.15) is 0 Å². The Morgan fingerprint density at radius 1 is 1.31 bits per heavy atom. The molecule has 0 saturated carbocycles. The van der Waals surface area contributed by atoms with Gasteiger partial charge in [-0.15, -0.1) is 23.7 Å². The molecule has 0 spiro atoms. The zero-order chi connectivity index (χ0) is 17.6. The first kappa shape index (κ1) is 20.5. The highest BCUT2D eigenvalue weighted by Gasteiger charge is 2.29. The van der Waals surface area contributed by atoms with Gasteiger partial charge in [-0.25, -0.2) is 4.79 Å². The molecule has 9 heteroatoms. The molecule has 0 radical (unpaired) electrons. The summed E-state index contributed by atoms with van der Waals surface area (Å²) >= 11 is 7.59. The van der Waals surface area contributed by atoms with Crippen LogP contribution in [0.3, 0.4) is 0 Å². The first-order valence-corrected chi connectivity index (χ1v) is 9.14. The average molecular weight is 416 g/mol. The number of nitrogens with zero attached hydrogens (tertiary/aromatic N) is 1. The van der Waals surface area contributed by atoms with Gasteiger partial charge >= 0.3 is 6.09 Å². The number of benzene rings is 1. The van der Waals surface area contributed by atoms with Crippen molar-refractivity contribution in [3.8, 4) is 5.75 Å². The van der Waals surface area contributed by atoms with E-state index in [0.717, 1.165) is 4.88 Å². The zero-order valence-electron chi connectivity index (χ0n) is 13.8. The van der Waals surface area contributed by atoms with Crippen LogP contribution in [0.15, 0.2) is 41.8 Å². The van der Waals surface area contributed by atoms with E-state index in [1.807, 2.05) is 17.5 Å². The Hall–Kier alpha value is -1.80. The lowest BCUT2D eigenvalue weighted by Crippen LogP contribution is -2.58. The molecule has 140 valence electrons. The molecule has 6 nitrogen and oxygen atoms in total. The quantitative estimate of drug-likeness (QED) is 0.804. The van der Waals surface area contributed by atoms with Crippen molar-refractivity contribution in [2.45, 2.75) is 12.6 Å². The Labute approximate surface area is 166 Å². The molecule has 1 saturated heterocycles. The zero-order valence-corrected chi connectivity index (χ0v) is 16.2. The predicted molar refractivity (Wildman–Crippen MR) is 104 cm³/mol. The van der Waals surface area contributed by atoms with Gasteiger partial charge < -0.3 is 20.3 Å². The number of carbonyl (C=O) groups is 2. The molecule has 0 aliphatic carbocycles. The fraction of sp³-hybridized carbons (Fsp3) is 0.294. The second-order valence-corrected chi connectivity index (χ2v) is 6.99. The molecular formula is C17H19Cl2N3O3S. The summed E-state index contributed by atoms with van der Waals surface area (Å²) < 4.78 is 5.33. The Morgan fingerprint density at radius 3 is 2.85 bits per heavy atom. The van der Waals surface area contributed by atoms with Gasteiger partial charge in [-0.1, -0.05) is 29.8 Å². The summed E-state index contributed by atoms with van der Waals surface area (Å²) in [7, 11) is 0. The molecule has 1 aromatic carbocycles. The van der Waals surface area contributed by atoms with Crippen molar-refractivity contribution >= 4 is 47.3 Å². The number of piperazine rings is 1. The number of hydrogen-bond acceptors (Lipinski definition) is 5. The van der Waals surface area contributed by atoms with Crippen LogP contribution in [0.4, 0.5) is 4.79 Å². The number of thiophene rings is 1. The summed E-state index contributed by atoms with van der Waals surface area (Å²) in [5.41, 5.74) is 0. The van der Waals surface area contributed by atoms with Gasteiger partial charge in [0.15, 0.2) is 5.75 Å². The van der Waals surface area contributed by atoms with E-state index in [2.05, 4.69) is 10.6 Å². The summed E-state index contributed by atoms with van der Waals surface area (Å²) in [4.78, 5) is 27.2. The average Bonchev–Trinajstić information content (AvgIpc) is 3.15. The summed E-state index contributed by atoms with van der Waals surface area (Å²) in [5.74, 6) is 0.176. The van der Waals surface area contributed by atoms with Gasteiger partial charge in [0.2, 0.25) is 5.91 Å². The third kappa shape index (κ3) is 5.35. The smallest absolute Gasteiger partial charge is 0.409 e. The summed E-state index contributed by atoms with van der Waals surface area (Å²) in [6.07, 6.45) is -0.509. The first-order valence-electron chi connectivity index (χ1n) is 7.88. The normalized spacial score (nSPS) is 16.5. The number of rotatable bonds is 4. The van der Waals surface area contributed by atoms with Crippen molar-refractivity contribution in [1.29, 1.82) is 0 Å². The monoisotopic (exact) mass is 415 g/mol. The summed E-state index contributed by atoms with van der Waals surface area (Å²) in [6.45, 7) is 1.73. The summed E-state index contributed by atoms with van der Waals surface area (Å²) in [5, 5.41) is 8.34. The maximum absolute atomic E-state index is 12.3. The van der Waals surface area contributed by atoms with Crippen LogP contribution < -0.4 is 15.4 Å². The van der Waals surface area contributed by atoms with E-state index in [4.69, 9.17) is 16.3 Å². The van der Waals surface area contributed by atoms with E-state index in [-0.39, 0.29) is 24.9 Å². The standard InChI is InChI=1S/C17H18ClN3O3S.ClH/c18-13-5-1-2-6-15(13)24-17(23)21-8-7-19-14(11-21)16(22)20-10-12-4-3-9-25-12;/h1-6,9,14,19H,7-8,10-11H2,(H,20,22);1H/t14-;/m0./s1. The molecule has 0 bridgehead atoms. The summed E-state index contributed by atoms with van der Waals surface area (Å²) in [6, 6.07) is 10.2. The Kier molecular flexibility index (Phi) is 7.71. The molecule has 1 atom stereocenters. The Morgan fingerprint density at radius 2 is 2.12 bits per heavy atom. The molecule has 1 aromatic heterocycles. The van der Waals surface area contributed by atoms with Crippen LogP contribution >= 0.6 is 35.3 Å². The van der Waals surface area contributed by atoms with E-state index in [1.54, 1.807) is 35.6 Å². The highest BCUT2D eigenvalue weighted by molar-refractivity contribution is 7.09. The van der Waals surface area contributed by atoms with Crippen LogP contribution in [-0.4, -0.2) is 42.6 Å². The lowest BCUT2D eigenvalue weighted by Gasteiger charge is -2.32. The van der Waals surface area contributed by atoms with Crippen molar-refractivity contribution < 1.29 is 14.3 Å². The predicted octanol–water partition coefficient (Wildman–Crippen LogP) is 2.91. The largest absolute Gasteiger partial charge is 0.415 e. The van der Waals surface area contributed by atoms with Crippen LogP contribution in [-0.2, 0) is 11.3 Å². The lowest BCUT2D eigenvalue weighted by molar-refractivity contribution is -0.124. The first-order chi connectivity index (χ1) is 12.1. The molecule has 1 fully saturated rings. The van der Waals surface area contributed by atoms with Crippen LogP contribution in [0.1, 0.15) is 4.88 Å².